The third-order valence-corrected chi connectivity index (χ3v) is 1.63. The van der Waals surface area contributed by atoms with Crippen molar-refractivity contribution in [2.45, 2.75) is 19.9 Å². The Kier molecular flexibility index (Phi) is 3.50. The summed E-state index contributed by atoms with van der Waals surface area (Å²) in [6.45, 7) is 2.85. The van der Waals surface area contributed by atoms with Crippen LogP contribution in [-0.4, -0.2) is 24.0 Å². The van der Waals surface area contributed by atoms with Gasteiger partial charge in [0.2, 0.25) is 6.04 Å². The third kappa shape index (κ3) is 2.53. The maximum absolute atomic E-state index is 10.7. The number of ether oxygens (including phenoxy) is 1. The summed E-state index contributed by atoms with van der Waals surface area (Å²) in [4.78, 5) is 20.4. The molecular weight excluding hydrogens is 150 g/mol. The number of rotatable bonds is 3. The molecule has 0 radical (unpaired) electrons. The molecule has 0 aromatic rings. The highest BCUT2D eigenvalue weighted by molar-refractivity contribution is 5.72. The first-order valence-corrected chi connectivity index (χ1v) is 3.22. The molecule has 0 aliphatic rings. The number of hydrogen-bond donors (Lipinski definition) is 0. The second kappa shape index (κ2) is 3.90. The quantitative estimate of drug-likeness (QED) is 0.342. The van der Waals surface area contributed by atoms with E-state index in [4.69, 9.17) is 0 Å². The van der Waals surface area contributed by atoms with Gasteiger partial charge in [0.05, 0.1) is 7.11 Å². The van der Waals surface area contributed by atoms with Crippen LogP contribution in [0, 0.1) is 16.0 Å². The van der Waals surface area contributed by atoms with Crippen LogP contribution in [0.2, 0.25) is 0 Å². The maximum atomic E-state index is 10.7. The zero-order valence-corrected chi connectivity index (χ0v) is 6.73. The molecule has 0 rings (SSSR count). The van der Waals surface area contributed by atoms with E-state index in [-0.39, 0.29) is 0 Å². The summed E-state index contributed by atoms with van der Waals surface area (Å²) in [5.41, 5.74) is 0. The molecule has 0 bridgehead atoms. The lowest BCUT2D eigenvalue weighted by atomic mass is 10.1. The van der Waals surface area contributed by atoms with Crippen LogP contribution in [0.1, 0.15) is 13.8 Å². The van der Waals surface area contributed by atoms with E-state index in [0.717, 1.165) is 0 Å². The molecule has 1 unspecified atom stereocenters. The van der Waals surface area contributed by atoms with E-state index in [1.165, 1.54) is 21.0 Å². The molecule has 5 nitrogen and oxygen atoms in total. The molecule has 0 spiro atoms. The summed E-state index contributed by atoms with van der Waals surface area (Å²) >= 11 is 0. The van der Waals surface area contributed by atoms with Gasteiger partial charge in [-0.3, -0.25) is 14.9 Å². The lowest BCUT2D eigenvalue weighted by Gasteiger charge is -2.09. The first-order chi connectivity index (χ1) is 5.00. The first-order valence-electron chi connectivity index (χ1n) is 3.22. The fourth-order valence-corrected chi connectivity index (χ4v) is 0.565. The maximum Gasteiger partial charge on any atom is 0.315 e. The topological polar surface area (TPSA) is 69.4 Å². The second-order valence-corrected chi connectivity index (χ2v) is 2.34. The molecule has 11 heavy (non-hydrogen) atoms. The summed E-state index contributed by atoms with van der Waals surface area (Å²) in [6.07, 6.45) is 0. The van der Waals surface area contributed by atoms with Crippen LogP contribution in [0.4, 0.5) is 0 Å². The molecule has 2 atom stereocenters. The number of hydrogen-bond acceptors (Lipinski definition) is 4. The molecule has 0 aromatic carbocycles. The monoisotopic (exact) mass is 161 g/mol. The Hall–Kier alpha value is -1.13. The van der Waals surface area contributed by atoms with Crippen molar-refractivity contribution in [2.75, 3.05) is 7.11 Å². The number of esters is 1. The minimum atomic E-state index is -0.887. The standard InChI is InChI=1S/C6H11NO4/c1-4(6(8)11-3)5(2)7(9)10/h4-5H,1-3H3/t4-,5?/m0/s1. The smallest absolute Gasteiger partial charge is 0.315 e. The van der Waals surface area contributed by atoms with E-state index < -0.39 is 22.9 Å². The van der Waals surface area contributed by atoms with Gasteiger partial charge < -0.3 is 4.74 Å². The van der Waals surface area contributed by atoms with Gasteiger partial charge in [-0.25, -0.2) is 0 Å². The molecular formula is C6H11NO4. The number of nitro groups is 1. The Balaban J connectivity index is 4.12. The van der Waals surface area contributed by atoms with E-state index in [9.17, 15) is 14.9 Å². The van der Waals surface area contributed by atoms with Crippen molar-refractivity contribution in [1.29, 1.82) is 0 Å². The van der Waals surface area contributed by atoms with Crippen LogP contribution in [0.5, 0.6) is 0 Å². The SMILES string of the molecule is COC(=O)[C@@H](C)C(C)[N+](=O)[O-]. The van der Waals surface area contributed by atoms with E-state index in [2.05, 4.69) is 4.74 Å². The van der Waals surface area contributed by atoms with Crippen molar-refractivity contribution in [3.05, 3.63) is 10.1 Å². The van der Waals surface area contributed by atoms with E-state index >= 15 is 0 Å². The van der Waals surface area contributed by atoms with Gasteiger partial charge in [-0.2, -0.15) is 0 Å². The number of nitrogens with zero attached hydrogens (tertiary/aromatic N) is 1. The van der Waals surface area contributed by atoms with E-state index in [1.54, 1.807) is 0 Å². The average molecular weight is 161 g/mol. The van der Waals surface area contributed by atoms with Gasteiger partial charge in [-0.15, -0.1) is 0 Å². The summed E-state index contributed by atoms with van der Waals surface area (Å²) in [6, 6.07) is -0.887. The number of carbonyl (C=O) groups excluding carboxylic acids is 1. The molecule has 0 heterocycles. The van der Waals surface area contributed by atoms with Crippen molar-refractivity contribution in [2.24, 2.45) is 5.92 Å². The molecule has 0 aromatic heterocycles. The highest BCUT2D eigenvalue weighted by Crippen LogP contribution is 2.06. The number of carbonyl (C=O) groups is 1. The first kappa shape index (κ1) is 9.87. The van der Waals surface area contributed by atoms with Crippen molar-refractivity contribution in [3.63, 3.8) is 0 Å². The molecule has 5 heteroatoms. The van der Waals surface area contributed by atoms with Crippen LogP contribution in [0.3, 0.4) is 0 Å². The summed E-state index contributed by atoms with van der Waals surface area (Å²) in [5.74, 6) is -1.23. The molecule has 0 N–H and O–H groups in total. The molecule has 0 saturated heterocycles. The molecule has 0 aliphatic heterocycles. The Morgan fingerprint density at radius 1 is 1.55 bits per heavy atom. The average Bonchev–Trinajstić information content (AvgIpc) is 2.00. The number of methoxy groups -OCH3 is 1. The van der Waals surface area contributed by atoms with Crippen molar-refractivity contribution < 1.29 is 14.5 Å². The molecule has 0 saturated carbocycles. The van der Waals surface area contributed by atoms with Gasteiger partial charge >= 0.3 is 5.97 Å². The van der Waals surface area contributed by atoms with E-state index in [0.29, 0.717) is 0 Å². The van der Waals surface area contributed by atoms with Crippen molar-refractivity contribution >= 4 is 5.97 Å². The van der Waals surface area contributed by atoms with Crippen LogP contribution in [0.15, 0.2) is 0 Å². The van der Waals surface area contributed by atoms with Gasteiger partial charge in [0.1, 0.15) is 5.92 Å². The van der Waals surface area contributed by atoms with Crippen LogP contribution >= 0.6 is 0 Å². The minimum absolute atomic E-state index is 0.498. The van der Waals surface area contributed by atoms with Gasteiger partial charge in [0.25, 0.3) is 0 Å². The molecule has 0 aliphatic carbocycles. The Morgan fingerprint density at radius 3 is 2.27 bits per heavy atom. The normalized spacial score (nSPS) is 15.2. The third-order valence-electron chi connectivity index (χ3n) is 1.63. The van der Waals surface area contributed by atoms with Crippen LogP contribution in [-0.2, 0) is 9.53 Å². The summed E-state index contributed by atoms with van der Waals surface area (Å²) in [5, 5.41) is 10.2. The van der Waals surface area contributed by atoms with Crippen molar-refractivity contribution in [3.8, 4) is 0 Å². The highest BCUT2D eigenvalue weighted by atomic mass is 16.6. The summed E-state index contributed by atoms with van der Waals surface area (Å²) < 4.78 is 4.34. The van der Waals surface area contributed by atoms with Crippen LogP contribution < -0.4 is 0 Å². The summed E-state index contributed by atoms with van der Waals surface area (Å²) in [7, 11) is 1.21. The molecule has 0 fully saturated rings. The van der Waals surface area contributed by atoms with Crippen molar-refractivity contribution in [1.82, 2.24) is 0 Å². The van der Waals surface area contributed by atoms with Gasteiger partial charge in [0.15, 0.2) is 0 Å². The Morgan fingerprint density at radius 2 is 2.00 bits per heavy atom. The zero-order chi connectivity index (χ0) is 9.02. The minimum Gasteiger partial charge on any atom is -0.469 e. The van der Waals surface area contributed by atoms with Crippen LogP contribution in [0.25, 0.3) is 0 Å². The Labute approximate surface area is 64.5 Å². The lowest BCUT2D eigenvalue weighted by Crippen LogP contribution is -2.30. The van der Waals surface area contributed by atoms with E-state index in [1.807, 2.05) is 0 Å². The molecule has 0 amide bonds. The highest BCUT2D eigenvalue weighted by Gasteiger charge is 2.29. The van der Waals surface area contributed by atoms with Gasteiger partial charge in [-0.1, -0.05) is 0 Å². The fraction of sp³-hybridized carbons (Fsp3) is 0.833. The van der Waals surface area contributed by atoms with Gasteiger partial charge in [-0.05, 0) is 6.92 Å². The fourth-order valence-electron chi connectivity index (χ4n) is 0.565. The lowest BCUT2D eigenvalue weighted by molar-refractivity contribution is -0.524. The largest absolute Gasteiger partial charge is 0.469 e. The predicted octanol–water partition coefficient (Wildman–Crippen LogP) is 0.461. The predicted molar refractivity (Wildman–Crippen MR) is 37.6 cm³/mol. The zero-order valence-electron chi connectivity index (χ0n) is 6.73. The Bertz CT molecular complexity index is 168. The van der Waals surface area contributed by atoms with Gasteiger partial charge in [0, 0.05) is 11.8 Å². The second-order valence-electron chi connectivity index (χ2n) is 2.34. The molecule has 64 valence electrons.